The molecule has 0 aromatic heterocycles. The normalized spacial score (nSPS) is 17.4. The molecule has 1 fully saturated rings. The van der Waals surface area contributed by atoms with E-state index in [1.807, 2.05) is 12.1 Å². The van der Waals surface area contributed by atoms with E-state index in [1.54, 1.807) is 21.3 Å². The molecule has 1 heterocycles. The number of nitrogens with one attached hydrogen (secondary N) is 1. The van der Waals surface area contributed by atoms with Gasteiger partial charge in [-0.2, -0.15) is 0 Å². The molecule has 21 heavy (non-hydrogen) atoms. The van der Waals surface area contributed by atoms with Crippen LogP contribution in [-0.4, -0.2) is 45.6 Å². The Kier molecular flexibility index (Phi) is 5.64. The second-order valence-electron chi connectivity index (χ2n) is 4.76. The molecule has 1 aliphatic rings. The molecule has 0 bridgehead atoms. The first-order valence-corrected chi connectivity index (χ1v) is 7.30. The largest absolute Gasteiger partial charge is 0.493 e. The van der Waals surface area contributed by atoms with E-state index in [1.165, 1.54) is 0 Å². The Morgan fingerprint density at radius 3 is 2.38 bits per heavy atom. The van der Waals surface area contributed by atoms with Gasteiger partial charge in [-0.15, -0.1) is 0 Å². The van der Waals surface area contributed by atoms with Gasteiger partial charge in [0.25, 0.3) is 0 Å². The van der Waals surface area contributed by atoms with Gasteiger partial charge in [0.1, 0.15) is 4.99 Å². The van der Waals surface area contributed by atoms with Crippen LogP contribution in [0.3, 0.4) is 0 Å². The summed E-state index contributed by atoms with van der Waals surface area (Å²) in [5.74, 6) is 1.74. The SMILES string of the molecule is COc1cc(C(=S)NC[C@H]2CCCO2)cc(OC)c1OC. The lowest BCUT2D eigenvalue weighted by molar-refractivity contribution is 0.114. The zero-order chi connectivity index (χ0) is 15.2. The molecule has 0 saturated carbocycles. The van der Waals surface area contributed by atoms with Crippen LogP contribution in [0.1, 0.15) is 18.4 Å². The summed E-state index contributed by atoms with van der Waals surface area (Å²) in [5.41, 5.74) is 0.831. The summed E-state index contributed by atoms with van der Waals surface area (Å²) in [4.78, 5) is 0.643. The topological polar surface area (TPSA) is 49.0 Å². The number of rotatable bonds is 6. The lowest BCUT2D eigenvalue weighted by Gasteiger charge is -2.16. The van der Waals surface area contributed by atoms with E-state index in [9.17, 15) is 0 Å². The highest BCUT2D eigenvalue weighted by Gasteiger charge is 2.18. The van der Waals surface area contributed by atoms with Gasteiger partial charge in [-0.25, -0.2) is 0 Å². The van der Waals surface area contributed by atoms with E-state index in [0.717, 1.165) is 31.6 Å². The predicted molar refractivity (Wildman–Crippen MR) is 84.8 cm³/mol. The molecular weight excluding hydrogens is 290 g/mol. The van der Waals surface area contributed by atoms with Crippen molar-refractivity contribution in [2.45, 2.75) is 18.9 Å². The van der Waals surface area contributed by atoms with Gasteiger partial charge in [-0.05, 0) is 25.0 Å². The second kappa shape index (κ2) is 7.47. The maximum atomic E-state index is 5.57. The molecule has 0 radical (unpaired) electrons. The zero-order valence-corrected chi connectivity index (χ0v) is 13.4. The van der Waals surface area contributed by atoms with Crippen molar-refractivity contribution >= 4 is 17.2 Å². The molecule has 6 heteroatoms. The average molecular weight is 311 g/mol. The Morgan fingerprint density at radius 1 is 1.24 bits per heavy atom. The van der Waals surface area contributed by atoms with Crippen LogP contribution < -0.4 is 19.5 Å². The maximum absolute atomic E-state index is 5.57. The summed E-state index contributed by atoms with van der Waals surface area (Å²) in [6.07, 6.45) is 2.43. The Bertz CT molecular complexity index is 475. The molecular formula is C15H21NO4S. The average Bonchev–Trinajstić information content (AvgIpc) is 3.04. The van der Waals surface area contributed by atoms with Crippen molar-refractivity contribution in [2.24, 2.45) is 0 Å². The summed E-state index contributed by atoms with van der Waals surface area (Å²) >= 11 is 5.43. The minimum absolute atomic E-state index is 0.241. The number of ether oxygens (including phenoxy) is 4. The van der Waals surface area contributed by atoms with Crippen LogP contribution >= 0.6 is 12.2 Å². The van der Waals surface area contributed by atoms with Gasteiger partial charge >= 0.3 is 0 Å². The smallest absolute Gasteiger partial charge is 0.203 e. The molecule has 0 spiro atoms. The molecule has 1 aliphatic heterocycles. The number of methoxy groups -OCH3 is 3. The lowest BCUT2D eigenvalue weighted by atomic mass is 10.1. The second-order valence-corrected chi connectivity index (χ2v) is 5.17. The first-order chi connectivity index (χ1) is 10.2. The fourth-order valence-corrected chi connectivity index (χ4v) is 2.53. The van der Waals surface area contributed by atoms with Gasteiger partial charge < -0.3 is 24.3 Å². The van der Waals surface area contributed by atoms with Crippen molar-refractivity contribution in [3.63, 3.8) is 0 Å². The van der Waals surface area contributed by atoms with E-state index < -0.39 is 0 Å². The number of thiocarbonyl (C=S) groups is 1. The first kappa shape index (κ1) is 15.9. The fraction of sp³-hybridized carbons (Fsp3) is 0.533. The molecule has 0 aliphatic carbocycles. The Balaban J connectivity index is 2.12. The lowest BCUT2D eigenvalue weighted by Crippen LogP contribution is -2.31. The van der Waals surface area contributed by atoms with Crippen molar-refractivity contribution in [2.75, 3.05) is 34.5 Å². The highest BCUT2D eigenvalue weighted by atomic mass is 32.1. The quantitative estimate of drug-likeness (QED) is 0.813. The van der Waals surface area contributed by atoms with Crippen LogP contribution in [0, 0.1) is 0 Å². The van der Waals surface area contributed by atoms with Crippen LogP contribution in [0.2, 0.25) is 0 Å². The van der Waals surface area contributed by atoms with Crippen LogP contribution in [0.5, 0.6) is 17.2 Å². The van der Waals surface area contributed by atoms with Crippen molar-refractivity contribution < 1.29 is 18.9 Å². The molecule has 1 aromatic rings. The van der Waals surface area contributed by atoms with Crippen LogP contribution in [0.25, 0.3) is 0 Å². The van der Waals surface area contributed by atoms with Gasteiger partial charge in [-0.3, -0.25) is 0 Å². The van der Waals surface area contributed by atoms with Crippen molar-refractivity contribution in [3.05, 3.63) is 17.7 Å². The summed E-state index contributed by atoms with van der Waals surface area (Å²) in [6, 6.07) is 3.68. The van der Waals surface area contributed by atoms with Crippen LogP contribution in [0.15, 0.2) is 12.1 Å². The molecule has 116 valence electrons. The third-order valence-corrected chi connectivity index (χ3v) is 3.82. The van der Waals surface area contributed by atoms with E-state index in [0.29, 0.717) is 22.2 Å². The standard InChI is InChI=1S/C15H21NO4S/c1-17-12-7-10(8-13(18-2)14(12)19-3)15(21)16-9-11-5-4-6-20-11/h7-8,11H,4-6,9H2,1-3H3,(H,16,21)/t11-/m1/s1. The molecule has 0 unspecified atom stereocenters. The summed E-state index contributed by atoms with van der Waals surface area (Å²) in [7, 11) is 4.75. The van der Waals surface area contributed by atoms with Gasteiger partial charge in [0.15, 0.2) is 11.5 Å². The highest BCUT2D eigenvalue weighted by Crippen LogP contribution is 2.38. The molecule has 2 rings (SSSR count). The number of hydrogen-bond acceptors (Lipinski definition) is 5. The highest BCUT2D eigenvalue weighted by molar-refractivity contribution is 7.80. The zero-order valence-electron chi connectivity index (χ0n) is 12.6. The van der Waals surface area contributed by atoms with E-state index in [2.05, 4.69) is 5.32 Å². The van der Waals surface area contributed by atoms with E-state index >= 15 is 0 Å². The maximum Gasteiger partial charge on any atom is 0.203 e. The Labute approximate surface area is 130 Å². The monoisotopic (exact) mass is 311 g/mol. The predicted octanol–water partition coefficient (Wildman–Crippen LogP) is 2.16. The summed E-state index contributed by atoms with van der Waals surface area (Å²) < 4.78 is 21.5. The number of benzene rings is 1. The number of hydrogen-bond donors (Lipinski definition) is 1. The minimum Gasteiger partial charge on any atom is -0.493 e. The van der Waals surface area contributed by atoms with Gasteiger partial charge in [0.2, 0.25) is 5.75 Å². The van der Waals surface area contributed by atoms with Gasteiger partial charge in [-0.1, -0.05) is 12.2 Å². The van der Waals surface area contributed by atoms with Gasteiger partial charge in [0, 0.05) is 18.7 Å². The van der Waals surface area contributed by atoms with E-state index in [4.69, 9.17) is 31.2 Å². The summed E-state index contributed by atoms with van der Waals surface area (Å²) in [6.45, 7) is 1.55. The fourth-order valence-electron chi connectivity index (χ4n) is 2.33. The molecule has 1 saturated heterocycles. The van der Waals surface area contributed by atoms with Crippen molar-refractivity contribution in [1.29, 1.82) is 0 Å². The molecule has 1 aromatic carbocycles. The Hall–Kier alpha value is -1.53. The third kappa shape index (κ3) is 3.77. The van der Waals surface area contributed by atoms with Crippen molar-refractivity contribution in [1.82, 2.24) is 5.32 Å². The molecule has 1 N–H and O–H groups in total. The van der Waals surface area contributed by atoms with Crippen LogP contribution in [-0.2, 0) is 4.74 Å². The molecule has 0 amide bonds. The summed E-state index contributed by atoms with van der Waals surface area (Å²) in [5, 5.41) is 3.24. The van der Waals surface area contributed by atoms with Crippen LogP contribution in [0.4, 0.5) is 0 Å². The van der Waals surface area contributed by atoms with Crippen molar-refractivity contribution in [3.8, 4) is 17.2 Å². The molecule has 5 nitrogen and oxygen atoms in total. The van der Waals surface area contributed by atoms with Gasteiger partial charge in [0.05, 0.1) is 27.4 Å². The minimum atomic E-state index is 0.241. The Morgan fingerprint density at radius 2 is 1.90 bits per heavy atom. The van der Waals surface area contributed by atoms with E-state index in [-0.39, 0.29) is 6.10 Å². The molecule has 1 atom stereocenters. The first-order valence-electron chi connectivity index (χ1n) is 6.89. The third-order valence-electron chi connectivity index (χ3n) is 3.44.